The Morgan fingerprint density at radius 3 is 2.31 bits per heavy atom. The van der Waals surface area contributed by atoms with Gasteiger partial charge in [-0.2, -0.15) is 0 Å². The van der Waals surface area contributed by atoms with Crippen molar-refractivity contribution in [1.29, 1.82) is 0 Å². The van der Waals surface area contributed by atoms with E-state index >= 15 is 0 Å². The number of nitrogens with zero attached hydrogens (tertiary/aromatic N) is 2. The number of benzene rings is 2. The SMILES string of the molecule is CN(c1cnccc1N[C@@H](Cc1ccccc1)C(=O)O)S(=O)(=O)c1ccccc1. The van der Waals surface area contributed by atoms with Gasteiger partial charge in [0.25, 0.3) is 10.0 Å². The Kier molecular flexibility index (Phi) is 6.13. The van der Waals surface area contributed by atoms with Gasteiger partial charge in [0.1, 0.15) is 6.04 Å². The van der Waals surface area contributed by atoms with Gasteiger partial charge in [-0.05, 0) is 23.8 Å². The maximum Gasteiger partial charge on any atom is 0.326 e. The lowest BCUT2D eigenvalue weighted by Crippen LogP contribution is -2.33. The molecule has 0 spiro atoms. The summed E-state index contributed by atoms with van der Waals surface area (Å²) in [5, 5.41) is 12.6. The van der Waals surface area contributed by atoms with Crippen LogP contribution in [0, 0.1) is 0 Å². The van der Waals surface area contributed by atoms with Crippen molar-refractivity contribution in [3.05, 3.63) is 84.7 Å². The van der Waals surface area contributed by atoms with Crippen molar-refractivity contribution in [2.45, 2.75) is 17.4 Å². The van der Waals surface area contributed by atoms with E-state index in [4.69, 9.17) is 0 Å². The van der Waals surface area contributed by atoms with E-state index in [2.05, 4.69) is 10.3 Å². The van der Waals surface area contributed by atoms with Gasteiger partial charge in [0.15, 0.2) is 0 Å². The number of pyridine rings is 1. The van der Waals surface area contributed by atoms with E-state index < -0.39 is 22.0 Å². The molecule has 0 bridgehead atoms. The van der Waals surface area contributed by atoms with Crippen LogP contribution in [-0.2, 0) is 21.2 Å². The predicted molar refractivity (Wildman–Crippen MR) is 111 cm³/mol. The molecule has 0 radical (unpaired) electrons. The van der Waals surface area contributed by atoms with Gasteiger partial charge in [0.05, 0.1) is 22.5 Å². The number of carboxylic acids is 1. The maximum atomic E-state index is 12.9. The lowest BCUT2D eigenvalue weighted by atomic mass is 10.1. The standard InChI is InChI=1S/C21H21N3O4S/c1-24(29(27,28)17-10-6-3-7-11-17)20-15-22-13-12-18(20)23-19(21(25)26)14-16-8-4-2-5-9-16/h2-13,15,19H,14H2,1H3,(H,22,23)(H,25,26)/t19-/m0/s1. The van der Waals surface area contributed by atoms with E-state index in [-0.39, 0.29) is 17.0 Å². The number of hydrogen-bond donors (Lipinski definition) is 2. The predicted octanol–water partition coefficient (Wildman–Crippen LogP) is 3.01. The Balaban J connectivity index is 1.91. The highest BCUT2D eigenvalue weighted by atomic mass is 32.2. The summed E-state index contributed by atoms with van der Waals surface area (Å²) in [7, 11) is -2.41. The number of aromatic nitrogens is 1. The first kappa shape index (κ1) is 20.3. The summed E-state index contributed by atoms with van der Waals surface area (Å²) < 4.78 is 27.0. The number of carboxylic acid groups (broad SMARTS) is 1. The molecule has 2 N–H and O–H groups in total. The van der Waals surface area contributed by atoms with E-state index in [1.54, 1.807) is 24.3 Å². The second-order valence-electron chi connectivity index (χ2n) is 6.40. The molecule has 0 unspecified atom stereocenters. The first-order chi connectivity index (χ1) is 13.9. The Morgan fingerprint density at radius 2 is 1.69 bits per heavy atom. The molecule has 0 aliphatic rings. The van der Waals surface area contributed by atoms with Gasteiger partial charge >= 0.3 is 5.97 Å². The highest BCUT2D eigenvalue weighted by Gasteiger charge is 2.25. The maximum absolute atomic E-state index is 12.9. The zero-order valence-electron chi connectivity index (χ0n) is 15.8. The number of nitrogens with one attached hydrogen (secondary N) is 1. The van der Waals surface area contributed by atoms with Gasteiger partial charge in [-0.15, -0.1) is 0 Å². The highest BCUT2D eigenvalue weighted by Crippen LogP contribution is 2.29. The summed E-state index contributed by atoms with van der Waals surface area (Å²) in [4.78, 5) is 15.9. The molecule has 1 atom stereocenters. The van der Waals surface area contributed by atoms with Gasteiger partial charge in [0.2, 0.25) is 0 Å². The average Bonchev–Trinajstić information content (AvgIpc) is 2.74. The second-order valence-corrected chi connectivity index (χ2v) is 8.37. The van der Waals surface area contributed by atoms with Crippen LogP contribution in [0.15, 0.2) is 84.0 Å². The third-order valence-corrected chi connectivity index (χ3v) is 6.24. The summed E-state index contributed by atoms with van der Waals surface area (Å²) >= 11 is 0. The molecule has 150 valence electrons. The van der Waals surface area contributed by atoms with Crippen LogP contribution in [0.25, 0.3) is 0 Å². The molecular formula is C21H21N3O4S. The topological polar surface area (TPSA) is 99.6 Å². The number of carbonyl (C=O) groups is 1. The molecule has 0 saturated carbocycles. The van der Waals surface area contributed by atoms with Crippen LogP contribution in [0.2, 0.25) is 0 Å². The van der Waals surface area contributed by atoms with Crippen molar-refractivity contribution in [2.75, 3.05) is 16.7 Å². The molecule has 1 heterocycles. The van der Waals surface area contributed by atoms with Gasteiger partial charge < -0.3 is 10.4 Å². The van der Waals surface area contributed by atoms with E-state index in [1.807, 2.05) is 30.3 Å². The molecule has 8 heteroatoms. The molecule has 1 aromatic heterocycles. The number of aliphatic carboxylic acids is 1. The molecule has 0 aliphatic carbocycles. The normalized spacial score (nSPS) is 12.2. The van der Waals surface area contributed by atoms with Gasteiger partial charge in [-0.3, -0.25) is 9.29 Å². The zero-order valence-corrected chi connectivity index (χ0v) is 16.6. The number of rotatable bonds is 8. The van der Waals surface area contributed by atoms with Crippen molar-refractivity contribution >= 4 is 27.4 Å². The minimum absolute atomic E-state index is 0.136. The van der Waals surface area contributed by atoms with Crippen molar-refractivity contribution in [3.63, 3.8) is 0 Å². The van der Waals surface area contributed by atoms with Crippen LogP contribution < -0.4 is 9.62 Å². The van der Waals surface area contributed by atoms with E-state index in [9.17, 15) is 18.3 Å². The Bertz CT molecular complexity index is 1070. The first-order valence-electron chi connectivity index (χ1n) is 8.91. The second kappa shape index (κ2) is 8.74. The Morgan fingerprint density at radius 1 is 1.07 bits per heavy atom. The van der Waals surface area contributed by atoms with E-state index in [0.29, 0.717) is 5.69 Å². The number of anilines is 2. The molecule has 0 aliphatic heterocycles. The molecular weight excluding hydrogens is 390 g/mol. The Labute approximate surface area is 169 Å². The smallest absolute Gasteiger partial charge is 0.326 e. The Hall–Kier alpha value is -3.39. The lowest BCUT2D eigenvalue weighted by Gasteiger charge is -2.24. The van der Waals surface area contributed by atoms with Crippen molar-refractivity contribution in [1.82, 2.24) is 4.98 Å². The van der Waals surface area contributed by atoms with Gasteiger partial charge in [-0.25, -0.2) is 13.2 Å². The van der Waals surface area contributed by atoms with Gasteiger partial charge in [0, 0.05) is 19.7 Å². The van der Waals surface area contributed by atoms with Crippen molar-refractivity contribution in [3.8, 4) is 0 Å². The lowest BCUT2D eigenvalue weighted by molar-refractivity contribution is -0.137. The molecule has 3 aromatic rings. The summed E-state index contributed by atoms with van der Waals surface area (Å²) in [6.45, 7) is 0. The fraction of sp³-hybridized carbons (Fsp3) is 0.143. The zero-order chi connectivity index (χ0) is 20.9. The van der Waals surface area contributed by atoms with Crippen LogP contribution >= 0.6 is 0 Å². The molecule has 7 nitrogen and oxygen atoms in total. The molecule has 0 fully saturated rings. The van der Waals surface area contributed by atoms with Crippen LogP contribution in [0.5, 0.6) is 0 Å². The molecule has 2 aromatic carbocycles. The summed E-state index contributed by atoms with van der Waals surface area (Å²) in [6, 6.07) is 17.9. The van der Waals surface area contributed by atoms with Crippen LogP contribution in [-0.4, -0.2) is 37.6 Å². The minimum Gasteiger partial charge on any atom is -0.480 e. The van der Waals surface area contributed by atoms with Crippen molar-refractivity contribution in [2.24, 2.45) is 0 Å². The molecule has 0 amide bonds. The van der Waals surface area contributed by atoms with E-state index in [1.165, 1.54) is 31.6 Å². The summed E-state index contributed by atoms with van der Waals surface area (Å²) in [5.41, 5.74) is 1.48. The minimum atomic E-state index is -3.82. The van der Waals surface area contributed by atoms with Gasteiger partial charge in [-0.1, -0.05) is 48.5 Å². The summed E-state index contributed by atoms with van der Waals surface area (Å²) in [6.07, 6.45) is 3.12. The molecule has 29 heavy (non-hydrogen) atoms. The molecule has 3 rings (SSSR count). The average molecular weight is 411 g/mol. The first-order valence-corrected chi connectivity index (χ1v) is 10.3. The van der Waals surface area contributed by atoms with Crippen LogP contribution in [0.3, 0.4) is 0 Å². The highest BCUT2D eigenvalue weighted by molar-refractivity contribution is 7.92. The fourth-order valence-electron chi connectivity index (χ4n) is 2.88. The summed E-state index contributed by atoms with van der Waals surface area (Å²) in [5.74, 6) is -1.04. The number of hydrogen-bond acceptors (Lipinski definition) is 5. The van der Waals surface area contributed by atoms with Crippen LogP contribution in [0.4, 0.5) is 11.4 Å². The monoisotopic (exact) mass is 411 g/mol. The third kappa shape index (κ3) is 4.72. The number of sulfonamides is 1. The van der Waals surface area contributed by atoms with Crippen LogP contribution in [0.1, 0.15) is 5.56 Å². The largest absolute Gasteiger partial charge is 0.480 e. The van der Waals surface area contributed by atoms with E-state index in [0.717, 1.165) is 9.87 Å². The molecule has 0 saturated heterocycles. The van der Waals surface area contributed by atoms with Crippen molar-refractivity contribution < 1.29 is 18.3 Å². The third-order valence-electron chi connectivity index (χ3n) is 4.45. The fourth-order valence-corrected chi connectivity index (χ4v) is 4.10. The quantitative estimate of drug-likeness (QED) is 0.591.